The number of amides is 1. The number of carbonyl (C=O) groups excluding carboxylic acids is 1. The second-order valence-corrected chi connectivity index (χ2v) is 5.68. The van der Waals surface area contributed by atoms with Gasteiger partial charge in [-0.25, -0.2) is 5.43 Å². The minimum absolute atomic E-state index is 0.115. The SMILES string of the molecule is Cc1ccccc1NCC(=O)N/N=C\c1c(O)ccc2ccccc12. The molecule has 0 bridgehead atoms. The van der Waals surface area contributed by atoms with Crippen LogP contribution in [0, 0.1) is 6.92 Å². The minimum Gasteiger partial charge on any atom is -0.507 e. The van der Waals surface area contributed by atoms with Crippen molar-refractivity contribution in [2.24, 2.45) is 5.10 Å². The number of fused-ring (bicyclic) bond motifs is 1. The van der Waals surface area contributed by atoms with E-state index in [1.54, 1.807) is 6.07 Å². The van der Waals surface area contributed by atoms with E-state index in [9.17, 15) is 9.90 Å². The van der Waals surface area contributed by atoms with Crippen molar-refractivity contribution in [3.05, 3.63) is 71.8 Å². The van der Waals surface area contributed by atoms with Gasteiger partial charge in [-0.2, -0.15) is 5.10 Å². The van der Waals surface area contributed by atoms with Crippen LogP contribution in [0.25, 0.3) is 10.8 Å². The summed E-state index contributed by atoms with van der Waals surface area (Å²) >= 11 is 0. The number of hydrogen-bond donors (Lipinski definition) is 3. The zero-order chi connectivity index (χ0) is 17.6. The highest BCUT2D eigenvalue weighted by molar-refractivity contribution is 6.02. The highest BCUT2D eigenvalue weighted by Crippen LogP contribution is 2.25. The summed E-state index contributed by atoms with van der Waals surface area (Å²) in [5, 5.41) is 18.9. The van der Waals surface area contributed by atoms with E-state index in [1.807, 2.05) is 61.5 Å². The first kappa shape index (κ1) is 16.5. The Morgan fingerprint density at radius 1 is 1.08 bits per heavy atom. The summed E-state index contributed by atoms with van der Waals surface area (Å²) in [6.07, 6.45) is 1.46. The third-order valence-electron chi connectivity index (χ3n) is 3.92. The lowest BCUT2D eigenvalue weighted by Gasteiger charge is -2.08. The molecular formula is C20H19N3O2. The molecule has 1 amide bonds. The van der Waals surface area contributed by atoms with Crippen LogP contribution in [0.3, 0.4) is 0 Å². The van der Waals surface area contributed by atoms with E-state index in [0.717, 1.165) is 22.0 Å². The average Bonchev–Trinajstić information content (AvgIpc) is 2.63. The van der Waals surface area contributed by atoms with Crippen molar-refractivity contribution in [2.75, 3.05) is 11.9 Å². The van der Waals surface area contributed by atoms with Crippen LogP contribution in [0.1, 0.15) is 11.1 Å². The summed E-state index contributed by atoms with van der Waals surface area (Å²) < 4.78 is 0. The molecule has 0 aliphatic carbocycles. The number of carbonyl (C=O) groups is 1. The number of aryl methyl sites for hydroxylation is 1. The first-order chi connectivity index (χ1) is 12.1. The molecule has 0 fully saturated rings. The molecule has 0 heterocycles. The van der Waals surface area contributed by atoms with Gasteiger partial charge in [0.25, 0.3) is 5.91 Å². The van der Waals surface area contributed by atoms with Crippen LogP contribution in [0.4, 0.5) is 5.69 Å². The summed E-state index contributed by atoms with van der Waals surface area (Å²) in [5.41, 5.74) is 5.02. The van der Waals surface area contributed by atoms with Crippen LogP contribution in [0.2, 0.25) is 0 Å². The van der Waals surface area contributed by atoms with Crippen LogP contribution in [-0.4, -0.2) is 23.8 Å². The highest BCUT2D eigenvalue weighted by atomic mass is 16.3. The smallest absolute Gasteiger partial charge is 0.259 e. The fraction of sp³-hybridized carbons (Fsp3) is 0.100. The van der Waals surface area contributed by atoms with Gasteiger partial charge in [0, 0.05) is 11.3 Å². The molecule has 5 heteroatoms. The first-order valence-corrected chi connectivity index (χ1v) is 7.97. The van der Waals surface area contributed by atoms with E-state index < -0.39 is 0 Å². The molecule has 25 heavy (non-hydrogen) atoms. The Balaban J connectivity index is 1.64. The van der Waals surface area contributed by atoms with Crippen LogP contribution in [0.5, 0.6) is 5.75 Å². The number of benzene rings is 3. The summed E-state index contributed by atoms with van der Waals surface area (Å²) in [4.78, 5) is 11.9. The lowest BCUT2D eigenvalue weighted by atomic mass is 10.0. The molecule has 5 nitrogen and oxygen atoms in total. The molecule has 3 N–H and O–H groups in total. The lowest BCUT2D eigenvalue weighted by molar-refractivity contribution is -0.119. The predicted octanol–water partition coefficient (Wildman–Crippen LogP) is 3.42. The van der Waals surface area contributed by atoms with Crippen LogP contribution >= 0.6 is 0 Å². The standard InChI is InChI=1S/C20H19N3O2/c1-14-6-2-5-9-18(14)21-13-20(25)23-22-12-17-16-8-4-3-7-15(16)10-11-19(17)24/h2-12,21,24H,13H2,1H3,(H,23,25)/b22-12-. The van der Waals surface area contributed by atoms with Crippen molar-refractivity contribution in [1.29, 1.82) is 0 Å². The summed E-state index contributed by atoms with van der Waals surface area (Å²) in [6, 6.07) is 18.9. The van der Waals surface area contributed by atoms with Crippen molar-refractivity contribution in [3.63, 3.8) is 0 Å². The Labute approximate surface area is 146 Å². The molecule has 0 saturated heterocycles. The quantitative estimate of drug-likeness (QED) is 0.495. The van der Waals surface area contributed by atoms with Crippen LogP contribution in [-0.2, 0) is 4.79 Å². The third kappa shape index (κ3) is 3.95. The number of aromatic hydroxyl groups is 1. The molecule has 0 spiro atoms. The van der Waals surface area contributed by atoms with Gasteiger partial charge in [0.1, 0.15) is 5.75 Å². The van der Waals surface area contributed by atoms with E-state index >= 15 is 0 Å². The van der Waals surface area contributed by atoms with Gasteiger partial charge < -0.3 is 10.4 Å². The molecule has 0 saturated carbocycles. The molecule has 3 rings (SSSR count). The summed E-state index contributed by atoms with van der Waals surface area (Å²) in [5.74, 6) is -0.144. The lowest BCUT2D eigenvalue weighted by Crippen LogP contribution is -2.26. The van der Waals surface area contributed by atoms with Crippen molar-refractivity contribution < 1.29 is 9.90 Å². The fourth-order valence-electron chi connectivity index (χ4n) is 2.57. The van der Waals surface area contributed by atoms with Crippen LogP contribution < -0.4 is 10.7 Å². The number of nitrogens with one attached hydrogen (secondary N) is 2. The number of phenols is 1. The molecule has 126 valence electrons. The molecule has 0 radical (unpaired) electrons. The average molecular weight is 333 g/mol. The zero-order valence-corrected chi connectivity index (χ0v) is 13.9. The van der Waals surface area contributed by atoms with Gasteiger partial charge in [0.2, 0.25) is 0 Å². The van der Waals surface area contributed by atoms with E-state index in [0.29, 0.717) is 5.56 Å². The van der Waals surface area contributed by atoms with E-state index in [4.69, 9.17) is 0 Å². The van der Waals surface area contributed by atoms with Crippen molar-refractivity contribution in [3.8, 4) is 5.75 Å². The zero-order valence-electron chi connectivity index (χ0n) is 13.9. The summed E-state index contributed by atoms with van der Waals surface area (Å²) in [7, 11) is 0. The van der Waals surface area contributed by atoms with Gasteiger partial charge in [-0.15, -0.1) is 0 Å². The van der Waals surface area contributed by atoms with E-state index in [2.05, 4.69) is 15.8 Å². The third-order valence-corrected chi connectivity index (χ3v) is 3.92. The van der Waals surface area contributed by atoms with E-state index in [1.165, 1.54) is 6.21 Å². The maximum absolute atomic E-state index is 11.9. The Morgan fingerprint density at radius 2 is 1.84 bits per heavy atom. The van der Waals surface area contributed by atoms with Crippen molar-refractivity contribution >= 4 is 28.6 Å². The minimum atomic E-state index is -0.265. The van der Waals surface area contributed by atoms with Crippen molar-refractivity contribution in [1.82, 2.24) is 5.43 Å². The normalized spacial score (nSPS) is 10.9. The predicted molar refractivity (Wildman–Crippen MR) is 101 cm³/mol. The number of phenolic OH excluding ortho intramolecular Hbond substituents is 1. The fourth-order valence-corrected chi connectivity index (χ4v) is 2.57. The molecule has 0 aliphatic heterocycles. The van der Waals surface area contributed by atoms with Crippen LogP contribution in [0.15, 0.2) is 65.8 Å². The molecule has 0 atom stereocenters. The van der Waals surface area contributed by atoms with Gasteiger partial charge >= 0.3 is 0 Å². The second kappa shape index (κ2) is 7.49. The number of nitrogens with zero attached hydrogens (tertiary/aromatic N) is 1. The molecular weight excluding hydrogens is 314 g/mol. The molecule has 0 unspecified atom stereocenters. The number of hydrazone groups is 1. The summed E-state index contributed by atoms with van der Waals surface area (Å²) in [6.45, 7) is 2.09. The Morgan fingerprint density at radius 3 is 2.68 bits per heavy atom. The Kier molecular flexibility index (Phi) is 4.95. The van der Waals surface area contributed by atoms with Gasteiger partial charge in [-0.3, -0.25) is 4.79 Å². The maximum Gasteiger partial charge on any atom is 0.259 e. The largest absolute Gasteiger partial charge is 0.507 e. The molecule has 0 aliphatic rings. The topological polar surface area (TPSA) is 73.7 Å². The highest BCUT2D eigenvalue weighted by Gasteiger charge is 2.05. The van der Waals surface area contributed by atoms with Gasteiger partial charge in [-0.1, -0.05) is 48.5 Å². The Bertz CT molecular complexity index is 935. The molecule has 3 aromatic carbocycles. The maximum atomic E-state index is 11.9. The molecule has 0 aromatic heterocycles. The van der Waals surface area contributed by atoms with Gasteiger partial charge in [-0.05, 0) is 35.4 Å². The number of para-hydroxylation sites is 1. The second-order valence-electron chi connectivity index (χ2n) is 5.68. The van der Waals surface area contributed by atoms with E-state index in [-0.39, 0.29) is 18.2 Å². The Hall–Kier alpha value is -3.34. The van der Waals surface area contributed by atoms with Crippen molar-refractivity contribution in [2.45, 2.75) is 6.92 Å². The monoisotopic (exact) mass is 333 g/mol. The number of hydrogen-bond acceptors (Lipinski definition) is 4. The number of anilines is 1. The first-order valence-electron chi connectivity index (χ1n) is 7.97. The van der Waals surface area contributed by atoms with Gasteiger partial charge in [0.15, 0.2) is 0 Å². The van der Waals surface area contributed by atoms with Gasteiger partial charge in [0.05, 0.1) is 12.8 Å². The molecule has 3 aromatic rings. The number of rotatable bonds is 5.